The molecule has 0 bridgehead atoms. The number of aromatic nitrogens is 3. The molecule has 158 valence electrons. The summed E-state index contributed by atoms with van der Waals surface area (Å²) in [5, 5.41) is 4.70. The van der Waals surface area contributed by atoms with Gasteiger partial charge in [-0.05, 0) is 42.0 Å². The third kappa shape index (κ3) is 3.29. The molecule has 0 radical (unpaired) electrons. The molecule has 5 aromatic rings. The van der Waals surface area contributed by atoms with E-state index in [-0.39, 0.29) is 18.5 Å². The fraction of sp³-hybridized carbons (Fsp3) is 0.125. The van der Waals surface area contributed by atoms with Crippen molar-refractivity contribution in [1.82, 2.24) is 19.7 Å². The molecule has 0 aliphatic carbocycles. The fourth-order valence-electron chi connectivity index (χ4n) is 3.84. The average Bonchev–Trinajstić information content (AvgIpc) is 3.45. The smallest absolute Gasteiger partial charge is 0.231 e. The number of ether oxygens (including phenoxy) is 2. The lowest BCUT2D eigenvalue weighted by Gasteiger charge is -2.09. The number of carbonyl (C=O) groups is 1. The Kier molecular flexibility index (Phi) is 4.57. The van der Waals surface area contributed by atoms with Crippen LogP contribution >= 0.6 is 11.8 Å². The summed E-state index contributed by atoms with van der Waals surface area (Å²) < 4.78 is 12.8. The van der Waals surface area contributed by atoms with Crippen LogP contribution in [0.2, 0.25) is 0 Å². The van der Waals surface area contributed by atoms with Gasteiger partial charge >= 0.3 is 0 Å². The van der Waals surface area contributed by atoms with Crippen molar-refractivity contribution < 1.29 is 14.3 Å². The molecule has 6 rings (SSSR count). The van der Waals surface area contributed by atoms with Gasteiger partial charge in [-0.2, -0.15) is 0 Å². The summed E-state index contributed by atoms with van der Waals surface area (Å²) in [6, 6.07) is 21.6. The van der Waals surface area contributed by atoms with Crippen molar-refractivity contribution in [3.8, 4) is 11.5 Å². The first-order valence-electron chi connectivity index (χ1n) is 10.2. The van der Waals surface area contributed by atoms with Gasteiger partial charge in [0.05, 0.1) is 22.3 Å². The minimum Gasteiger partial charge on any atom is -0.454 e. The van der Waals surface area contributed by atoms with E-state index in [9.17, 15) is 4.79 Å². The Bertz CT molecular complexity index is 1500. The predicted octanol–water partition coefficient (Wildman–Crippen LogP) is 4.17. The van der Waals surface area contributed by atoms with Crippen LogP contribution in [0.25, 0.3) is 27.6 Å². The van der Waals surface area contributed by atoms with Gasteiger partial charge in [-0.15, -0.1) is 0 Å². The monoisotopic (exact) mass is 442 g/mol. The van der Waals surface area contributed by atoms with Gasteiger partial charge in [0.15, 0.2) is 16.7 Å². The van der Waals surface area contributed by atoms with Crippen molar-refractivity contribution in [1.29, 1.82) is 0 Å². The standard InChI is InChI=1S/C24H18N4O3S/c29-22(25-12-15-9-10-20-21(11-15)31-14-30-20)13-32-24-27-17-6-2-1-5-16(17)23-26-18-7-3-4-8-19(18)28(23)24/h1-11H,12-14H2,(H,25,29). The lowest BCUT2D eigenvalue weighted by Crippen LogP contribution is -2.24. The number of thioether (sulfide) groups is 1. The number of carbonyl (C=O) groups excluding carboxylic acids is 1. The fourth-order valence-corrected chi connectivity index (χ4v) is 4.68. The maximum atomic E-state index is 12.6. The zero-order chi connectivity index (χ0) is 21.5. The van der Waals surface area contributed by atoms with Gasteiger partial charge in [-0.3, -0.25) is 9.20 Å². The molecule has 3 aromatic carbocycles. The zero-order valence-electron chi connectivity index (χ0n) is 16.9. The average molecular weight is 443 g/mol. The van der Waals surface area contributed by atoms with Gasteiger partial charge in [0.2, 0.25) is 12.7 Å². The van der Waals surface area contributed by atoms with E-state index in [1.54, 1.807) is 0 Å². The molecule has 1 aliphatic rings. The maximum Gasteiger partial charge on any atom is 0.231 e. The highest BCUT2D eigenvalue weighted by Gasteiger charge is 2.16. The molecule has 7 nitrogen and oxygen atoms in total. The first kappa shape index (κ1) is 18.9. The highest BCUT2D eigenvalue weighted by Crippen LogP contribution is 2.32. The number of rotatable bonds is 5. The minimum absolute atomic E-state index is 0.0693. The van der Waals surface area contributed by atoms with E-state index in [1.165, 1.54) is 11.8 Å². The van der Waals surface area contributed by atoms with Crippen molar-refractivity contribution in [2.75, 3.05) is 12.5 Å². The molecule has 0 fully saturated rings. The molecule has 1 aliphatic heterocycles. The Morgan fingerprint density at radius 2 is 1.78 bits per heavy atom. The van der Waals surface area contributed by atoms with E-state index in [4.69, 9.17) is 19.4 Å². The largest absolute Gasteiger partial charge is 0.454 e. The number of nitrogens with one attached hydrogen (secondary N) is 1. The lowest BCUT2D eigenvalue weighted by molar-refractivity contribution is -0.118. The molecule has 0 saturated heterocycles. The highest BCUT2D eigenvalue weighted by atomic mass is 32.2. The predicted molar refractivity (Wildman–Crippen MR) is 123 cm³/mol. The van der Waals surface area contributed by atoms with Crippen molar-refractivity contribution in [3.05, 3.63) is 72.3 Å². The second kappa shape index (κ2) is 7.72. The topological polar surface area (TPSA) is 77.8 Å². The van der Waals surface area contributed by atoms with Crippen LogP contribution in [0.3, 0.4) is 0 Å². The van der Waals surface area contributed by atoms with Crippen LogP contribution in [0.5, 0.6) is 11.5 Å². The molecule has 8 heteroatoms. The first-order chi connectivity index (χ1) is 15.8. The number of amides is 1. The number of fused-ring (bicyclic) bond motifs is 6. The van der Waals surface area contributed by atoms with Crippen LogP contribution in [0.15, 0.2) is 71.9 Å². The maximum absolute atomic E-state index is 12.6. The molecule has 0 saturated carbocycles. The van der Waals surface area contributed by atoms with Gasteiger partial charge in [0.25, 0.3) is 0 Å². The number of hydrogen-bond donors (Lipinski definition) is 1. The normalized spacial score (nSPS) is 12.6. The van der Waals surface area contributed by atoms with E-state index in [0.717, 1.165) is 44.1 Å². The SMILES string of the molecule is O=C(CSc1nc2ccccc2c2nc3ccccc3n12)NCc1ccc2c(c1)OCO2. The van der Waals surface area contributed by atoms with Crippen molar-refractivity contribution in [2.24, 2.45) is 0 Å². The van der Waals surface area contributed by atoms with Gasteiger partial charge in [0, 0.05) is 11.9 Å². The third-order valence-electron chi connectivity index (χ3n) is 5.37. The summed E-state index contributed by atoms with van der Waals surface area (Å²) in [4.78, 5) is 22.2. The Hall–Kier alpha value is -3.78. The highest BCUT2D eigenvalue weighted by molar-refractivity contribution is 7.99. The number of hydrogen-bond acceptors (Lipinski definition) is 6. The second-order valence-corrected chi connectivity index (χ2v) is 8.37. The quantitative estimate of drug-likeness (QED) is 0.325. The number of para-hydroxylation sites is 3. The molecule has 0 spiro atoms. The molecule has 0 atom stereocenters. The van der Waals surface area contributed by atoms with Crippen LogP contribution in [0, 0.1) is 0 Å². The van der Waals surface area contributed by atoms with Crippen LogP contribution in [0.4, 0.5) is 0 Å². The summed E-state index contributed by atoms with van der Waals surface area (Å²) in [7, 11) is 0. The van der Waals surface area contributed by atoms with Gasteiger partial charge in [-0.25, -0.2) is 9.97 Å². The van der Waals surface area contributed by atoms with Crippen LogP contribution in [-0.2, 0) is 11.3 Å². The summed E-state index contributed by atoms with van der Waals surface area (Å²) in [5.74, 6) is 1.62. The lowest BCUT2D eigenvalue weighted by atomic mass is 10.2. The van der Waals surface area contributed by atoms with Gasteiger partial charge in [0.1, 0.15) is 5.65 Å². The van der Waals surface area contributed by atoms with Crippen LogP contribution in [0.1, 0.15) is 5.56 Å². The summed E-state index contributed by atoms with van der Waals surface area (Å²) >= 11 is 1.40. The van der Waals surface area contributed by atoms with Crippen molar-refractivity contribution in [3.63, 3.8) is 0 Å². The van der Waals surface area contributed by atoms with E-state index in [1.807, 2.05) is 71.1 Å². The number of nitrogens with zero attached hydrogens (tertiary/aromatic N) is 3. The zero-order valence-corrected chi connectivity index (χ0v) is 17.8. The molecule has 0 unspecified atom stereocenters. The summed E-state index contributed by atoms with van der Waals surface area (Å²) in [6.07, 6.45) is 0. The van der Waals surface area contributed by atoms with E-state index in [0.29, 0.717) is 12.3 Å². The Labute approximate surface area is 187 Å². The molecule has 2 aromatic heterocycles. The Balaban J connectivity index is 1.25. The minimum atomic E-state index is -0.0693. The van der Waals surface area contributed by atoms with E-state index in [2.05, 4.69) is 5.32 Å². The molecule has 3 heterocycles. The molecular weight excluding hydrogens is 424 g/mol. The van der Waals surface area contributed by atoms with Crippen LogP contribution in [-0.4, -0.2) is 32.8 Å². The first-order valence-corrected chi connectivity index (χ1v) is 11.2. The van der Waals surface area contributed by atoms with Gasteiger partial charge in [-0.1, -0.05) is 42.1 Å². The van der Waals surface area contributed by atoms with Crippen molar-refractivity contribution >= 4 is 45.3 Å². The van der Waals surface area contributed by atoms with E-state index >= 15 is 0 Å². The Morgan fingerprint density at radius 3 is 2.72 bits per heavy atom. The molecule has 32 heavy (non-hydrogen) atoms. The number of imidazole rings is 1. The molecular formula is C24H18N4O3S. The number of benzene rings is 3. The van der Waals surface area contributed by atoms with E-state index < -0.39 is 0 Å². The summed E-state index contributed by atoms with van der Waals surface area (Å²) in [5.41, 5.74) is 4.54. The van der Waals surface area contributed by atoms with Crippen molar-refractivity contribution in [2.45, 2.75) is 11.7 Å². The molecule has 1 N–H and O–H groups in total. The second-order valence-electron chi connectivity index (χ2n) is 7.42. The van der Waals surface area contributed by atoms with Crippen LogP contribution < -0.4 is 14.8 Å². The van der Waals surface area contributed by atoms with Gasteiger partial charge < -0.3 is 14.8 Å². The Morgan fingerprint density at radius 1 is 0.969 bits per heavy atom. The summed E-state index contributed by atoms with van der Waals surface area (Å²) in [6.45, 7) is 0.655. The third-order valence-corrected chi connectivity index (χ3v) is 6.31. The molecule has 1 amide bonds.